The van der Waals surface area contributed by atoms with Crippen molar-refractivity contribution < 1.29 is 14.7 Å². The Morgan fingerprint density at radius 2 is 1.83 bits per heavy atom. The van der Waals surface area contributed by atoms with Crippen LogP contribution in [0.4, 0.5) is 0 Å². The van der Waals surface area contributed by atoms with Gasteiger partial charge in [-0.3, -0.25) is 14.6 Å². The molecule has 1 aliphatic rings. The van der Waals surface area contributed by atoms with Gasteiger partial charge in [-0.1, -0.05) is 67.4 Å². The molecule has 1 fully saturated rings. The summed E-state index contributed by atoms with van der Waals surface area (Å²) in [6.07, 6.45) is 2.46. The van der Waals surface area contributed by atoms with Gasteiger partial charge in [0.05, 0.1) is 29.6 Å². The van der Waals surface area contributed by atoms with E-state index in [0.717, 1.165) is 16.8 Å². The third-order valence-corrected chi connectivity index (χ3v) is 7.37. The number of rotatable bonds is 7. The molecular formula is C28H28Cl2N2O3. The molecular weight excluding hydrogens is 483 g/mol. The Bertz CT molecular complexity index is 1200. The first-order valence-electron chi connectivity index (χ1n) is 11.7. The molecule has 2 heterocycles. The van der Waals surface area contributed by atoms with E-state index in [4.69, 9.17) is 23.2 Å². The minimum absolute atomic E-state index is 0.185. The number of pyridine rings is 1. The van der Waals surface area contributed by atoms with Gasteiger partial charge in [0.25, 0.3) is 0 Å². The lowest BCUT2D eigenvalue weighted by molar-refractivity contribution is -0.161. The number of carboxylic acids is 1. The quantitative estimate of drug-likeness (QED) is 0.368. The topological polar surface area (TPSA) is 70.5 Å². The maximum Gasteiger partial charge on any atom is 0.304 e. The van der Waals surface area contributed by atoms with Gasteiger partial charge >= 0.3 is 5.97 Å². The first-order chi connectivity index (χ1) is 16.7. The predicted molar refractivity (Wildman–Crippen MR) is 137 cm³/mol. The van der Waals surface area contributed by atoms with Crippen LogP contribution in [0, 0.1) is 5.41 Å². The SMILES string of the molecule is CC[C@@H](c1ccccn1)N1C(=O)[C@@](C)(CC(=O)O)C[C@H](c2cccc(Cl)c2)[C@H]1c1ccc(Cl)cc1. The second kappa shape index (κ2) is 10.4. The zero-order chi connectivity index (χ0) is 25.2. The second-order valence-electron chi connectivity index (χ2n) is 9.38. The maximum atomic E-state index is 14.2. The molecule has 0 unspecified atom stereocenters. The van der Waals surface area contributed by atoms with E-state index in [0.29, 0.717) is 22.9 Å². The Morgan fingerprint density at radius 1 is 1.09 bits per heavy atom. The Kier molecular flexibility index (Phi) is 7.48. The normalized spacial score (nSPS) is 23.2. The summed E-state index contributed by atoms with van der Waals surface area (Å²) in [5, 5.41) is 10.9. The highest BCUT2D eigenvalue weighted by atomic mass is 35.5. The fraction of sp³-hybridized carbons (Fsp3) is 0.321. The number of amides is 1. The predicted octanol–water partition coefficient (Wildman–Crippen LogP) is 7.08. The zero-order valence-corrected chi connectivity index (χ0v) is 21.2. The van der Waals surface area contributed by atoms with E-state index in [1.807, 2.05) is 78.6 Å². The maximum absolute atomic E-state index is 14.2. The number of aliphatic carboxylic acids is 1. The Labute approximate surface area is 215 Å². The van der Waals surface area contributed by atoms with Crippen molar-refractivity contribution in [1.29, 1.82) is 0 Å². The Hall–Kier alpha value is -2.89. The van der Waals surface area contributed by atoms with Crippen molar-refractivity contribution >= 4 is 35.1 Å². The number of piperidine rings is 1. The summed E-state index contributed by atoms with van der Waals surface area (Å²) in [5.41, 5.74) is 1.57. The summed E-state index contributed by atoms with van der Waals surface area (Å²) in [4.78, 5) is 32.6. The largest absolute Gasteiger partial charge is 0.481 e. The molecule has 1 aromatic heterocycles. The summed E-state index contributed by atoms with van der Waals surface area (Å²) in [7, 11) is 0. The number of carbonyl (C=O) groups excluding carboxylic acids is 1. The molecule has 4 rings (SSSR count). The average Bonchev–Trinajstić information content (AvgIpc) is 2.83. The van der Waals surface area contributed by atoms with Crippen LogP contribution in [0.5, 0.6) is 0 Å². The number of halogens is 2. The van der Waals surface area contributed by atoms with Crippen LogP contribution in [0.2, 0.25) is 10.0 Å². The van der Waals surface area contributed by atoms with E-state index in [1.165, 1.54) is 0 Å². The standard InChI is InChI=1S/C28H28Cl2N2O3/c1-3-24(23-9-4-5-14-31-23)32-26(18-10-12-20(29)13-11-18)22(19-7-6-8-21(30)15-19)16-28(2,27(32)35)17-25(33)34/h4-15,22,24,26H,3,16-17H2,1-2H3,(H,33,34)/t22-,24+,26-,28-/m1/s1. The monoisotopic (exact) mass is 510 g/mol. The van der Waals surface area contributed by atoms with Crippen LogP contribution in [-0.2, 0) is 9.59 Å². The number of likely N-dealkylation sites (tertiary alicyclic amines) is 1. The molecule has 182 valence electrons. The fourth-order valence-electron chi connectivity index (χ4n) is 5.34. The molecule has 4 atom stereocenters. The number of hydrogen-bond donors (Lipinski definition) is 1. The zero-order valence-electron chi connectivity index (χ0n) is 19.7. The molecule has 0 spiro atoms. The molecule has 7 heteroatoms. The molecule has 2 aromatic carbocycles. The van der Waals surface area contributed by atoms with Crippen molar-refractivity contribution in [3.63, 3.8) is 0 Å². The van der Waals surface area contributed by atoms with Crippen LogP contribution in [0.1, 0.15) is 67.9 Å². The summed E-state index contributed by atoms with van der Waals surface area (Å²) < 4.78 is 0. The van der Waals surface area contributed by atoms with Gasteiger partial charge in [-0.15, -0.1) is 0 Å². The number of carboxylic acid groups (broad SMARTS) is 1. The van der Waals surface area contributed by atoms with Gasteiger partial charge in [-0.25, -0.2) is 0 Å². The van der Waals surface area contributed by atoms with E-state index in [-0.39, 0.29) is 30.3 Å². The molecule has 3 aromatic rings. The van der Waals surface area contributed by atoms with Gasteiger partial charge < -0.3 is 10.0 Å². The molecule has 0 bridgehead atoms. The summed E-state index contributed by atoms with van der Waals surface area (Å²) in [6.45, 7) is 3.78. The summed E-state index contributed by atoms with van der Waals surface area (Å²) >= 11 is 12.6. The van der Waals surface area contributed by atoms with E-state index >= 15 is 0 Å². The van der Waals surface area contributed by atoms with Crippen molar-refractivity contribution in [2.75, 3.05) is 0 Å². The molecule has 0 aliphatic carbocycles. The Balaban J connectivity index is 1.95. The van der Waals surface area contributed by atoms with E-state index in [2.05, 4.69) is 4.98 Å². The van der Waals surface area contributed by atoms with Crippen LogP contribution in [0.15, 0.2) is 72.9 Å². The van der Waals surface area contributed by atoms with Crippen molar-refractivity contribution in [2.24, 2.45) is 5.41 Å². The van der Waals surface area contributed by atoms with Crippen molar-refractivity contribution in [2.45, 2.75) is 51.1 Å². The highest BCUT2D eigenvalue weighted by molar-refractivity contribution is 6.30. The Morgan fingerprint density at radius 3 is 2.43 bits per heavy atom. The van der Waals surface area contributed by atoms with Crippen molar-refractivity contribution in [1.82, 2.24) is 9.88 Å². The van der Waals surface area contributed by atoms with Crippen LogP contribution in [0.3, 0.4) is 0 Å². The fourth-order valence-corrected chi connectivity index (χ4v) is 5.67. The smallest absolute Gasteiger partial charge is 0.304 e. The third-order valence-electron chi connectivity index (χ3n) is 6.88. The highest BCUT2D eigenvalue weighted by Gasteiger charge is 2.52. The van der Waals surface area contributed by atoms with Gasteiger partial charge in [-0.05, 0) is 60.4 Å². The molecule has 1 amide bonds. The minimum atomic E-state index is -1.09. The van der Waals surface area contributed by atoms with Gasteiger partial charge in [0, 0.05) is 22.2 Å². The molecule has 1 aliphatic heterocycles. The summed E-state index contributed by atoms with van der Waals surface area (Å²) in [5.74, 6) is -1.37. The molecule has 1 N–H and O–H groups in total. The minimum Gasteiger partial charge on any atom is -0.481 e. The van der Waals surface area contributed by atoms with Crippen LogP contribution < -0.4 is 0 Å². The molecule has 5 nitrogen and oxygen atoms in total. The molecule has 35 heavy (non-hydrogen) atoms. The molecule has 1 saturated heterocycles. The first-order valence-corrected chi connectivity index (χ1v) is 12.5. The lowest BCUT2D eigenvalue weighted by Crippen LogP contribution is -2.53. The number of aromatic nitrogens is 1. The third kappa shape index (κ3) is 5.21. The van der Waals surface area contributed by atoms with E-state index < -0.39 is 11.4 Å². The van der Waals surface area contributed by atoms with Crippen LogP contribution in [-0.4, -0.2) is 26.9 Å². The first kappa shape index (κ1) is 25.2. The van der Waals surface area contributed by atoms with Crippen molar-refractivity contribution in [3.8, 4) is 0 Å². The van der Waals surface area contributed by atoms with Crippen LogP contribution in [0.25, 0.3) is 0 Å². The lowest BCUT2D eigenvalue weighted by Gasteiger charge is -2.51. The second-order valence-corrected chi connectivity index (χ2v) is 10.3. The molecule has 0 radical (unpaired) electrons. The van der Waals surface area contributed by atoms with E-state index in [9.17, 15) is 14.7 Å². The number of nitrogens with zero attached hydrogens (tertiary/aromatic N) is 2. The van der Waals surface area contributed by atoms with E-state index in [1.54, 1.807) is 13.1 Å². The highest BCUT2D eigenvalue weighted by Crippen LogP contribution is 2.54. The van der Waals surface area contributed by atoms with Crippen LogP contribution >= 0.6 is 23.2 Å². The van der Waals surface area contributed by atoms with Gasteiger partial charge in [0.2, 0.25) is 5.91 Å². The van der Waals surface area contributed by atoms with Gasteiger partial charge in [0.1, 0.15) is 0 Å². The van der Waals surface area contributed by atoms with Crippen molar-refractivity contribution in [3.05, 3.63) is 99.8 Å². The number of hydrogen-bond acceptors (Lipinski definition) is 3. The number of benzene rings is 2. The lowest BCUT2D eigenvalue weighted by atomic mass is 9.67. The van der Waals surface area contributed by atoms with Gasteiger partial charge in [0.15, 0.2) is 0 Å². The summed E-state index contributed by atoms with van der Waals surface area (Å²) in [6, 6.07) is 20.1. The average molecular weight is 511 g/mol. The van der Waals surface area contributed by atoms with Gasteiger partial charge in [-0.2, -0.15) is 0 Å². The number of carbonyl (C=O) groups is 2. The molecule has 0 saturated carbocycles.